The van der Waals surface area contributed by atoms with Gasteiger partial charge in [0.05, 0.1) is 5.56 Å². The van der Waals surface area contributed by atoms with Crippen molar-refractivity contribution in [3.63, 3.8) is 0 Å². The van der Waals surface area contributed by atoms with Gasteiger partial charge in [-0.1, -0.05) is 12.1 Å². The number of cyclic esters (lactones) is 1. The van der Waals surface area contributed by atoms with Crippen LogP contribution in [0.4, 0.5) is 26.7 Å². The number of benzene rings is 1. The van der Waals surface area contributed by atoms with Crippen LogP contribution in [0, 0.1) is 0 Å². The van der Waals surface area contributed by atoms with Gasteiger partial charge in [0.1, 0.15) is 6.04 Å². The first-order valence-corrected chi connectivity index (χ1v) is 5.18. The van der Waals surface area contributed by atoms with Crippen LogP contribution < -0.4 is 5.32 Å². The molecule has 1 aliphatic heterocycles. The fourth-order valence-electron chi connectivity index (χ4n) is 1.73. The SMILES string of the molecule is O=C1N[C@H](c2cccc(C(F)(F)F)c2)C(F)(F)CO1. The van der Waals surface area contributed by atoms with Gasteiger partial charge in [0.25, 0.3) is 0 Å². The lowest BCUT2D eigenvalue weighted by molar-refractivity contribution is -0.138. The molecule has 1 N–H and O–H groups in total. The van der Waals surface area contributed by atoms with E-state index >= 15 is 0 Å². The number of halogens is 5. The summed E-state index contributed by atoms with van der Waals surface area (Å²) in [6.45, 7) is -1.17. The zero-order valence-corrected chi connectivity index (χ0v) is 9.30. The van der Waals surface area contributed by atoms with Crippen molar-refractivity contribution in [1.82, 2.24) is 5.32 Å². The predicted octanol–water partition coefficient (Wildman–Crippen LogP) is 3.12. The van der Waals surface area contributed by atoms with Gasteiger partial charge in [-0.25, -0.2) is 13.6 Å². The third-order valence-electron chi connectivity index (χ3n) is 2.63. The van der Waals surface area contributed by atoms with Crippen LogP contribution in [-0.4, -0.2) is 18.6 Å². The first-order valence-electron chi connectivity index (χ1n) is 5.18. The lowest BCUT2D eigenvalue weighted by Gasteiger charge is -2.32. The first kappa shape index (κ1) is 13.6. The van der Waals surface area contributed by atoms with Gasteiger partial charge >= 0.3 is 18.2 Å². The van der Waals surface area contributed by atoms with Crippen LogP contribution in [0.25, 0.3) is 0 Å². The number of hydrogen-bond donors (Lipinski definition) is 1. The Kier molecular flexibility index (Phi) is 3.11. The molecule has 1 aliphatic rings. The zero-order chi connectivity index (χ0) is 14.3. The van der Waals surface area contributed by atoms with E-state index in [1.807, 2.05) is 5.32 Å². The normalized spacial score (nSPS) is 22.6. The Morgan fingerprint density at radius 1 is 1.32 bits per heavy atom. The number of ether oxygens (including phenoxy) is 1. The second-order valence-electron chi connectivity index (χ2n) is 4.04. The third-order valence-corrected chi connectivity index (χ3v) is 2.63. The van der Waals surface area contributed by atoms with E-state index in [4.69, 9.17) is 0 Å². The molecule has 0 saturated carbocycles. The average Bonchev–Trinajstić information content (AvgIpc) is 2.31. The zero-order valence-electron chi connectivity index (χ0n) is 9.30. The first-order chi connectivity index (χ1) is 8.70. The molecule has 0 bridgehead atoms. The van der Waals surface area contributed by atoms with Crippen molar-refractivity contribution in [3.05, 3.63) is 35.4 Å². The highest BCUT2D eigenvalue weighted by molar-refractivity contribution is 5.69. The summed E-state index contributed by atoms with van der Waals surface area (Å²) in [6, 6.07) is 1.62. The number of carbonyl (C=O) groups excluding carboxylic acids is 1. The molecular formula is C11H8F5NO2. The van der Waals surface area contributed by atoms with Crippen molar-refractivity contribution < 1.29 is 31.5 Å². The van der Waals surface area contributed by atoms with E-state index in [-0.39, 0.29) is 5.56 Å². The standard InChI is InChI=1S/C11H8F5NO2/c12-10(13)5-19-9(18)17-8(10)6-2-1-3-7(4-6)11(14,15)16/h1-4,8H,5H2,(H,17,18)/t8-/m1/s1. The molecule has 0 spiro atoms. The summed E-state index contributed by atoms with van der Waals surface area (Å²) in [5.41, 5.74) is -1.38. The second kappa shape index (κ2) is 4.36. The van der Waals surface area contributed by atoms with Crippen molar-refractivity contribution in [2.75, 3.05) is 6.61 Å². The van der Waals surface area contributed by atoms with Crippen molar-refractivity contribution in [1.29, 1.82) is 0 Å². The predicted molar refractivity (Wildman–Crippen MR) is 53.6 cm³/mol. The van der Waals surface area contributed by atoms with Gasteiger partial charge in [0, 0.05) is 0 Å². The van der Waals surface area contributed by atoms with E-state index in [1.165, 1.54) is 0 Å². The van der Waals surface area contributed by atoms with Crippen LogP contribution in [-0.2, 0) is 10.9 Å². The van der Waals surface area contributed by atoms with Gasteiger partial charge < -0.3 is 10.1 Å². The Morgan fingerprint density at radius 3 is 2.63 bits per heavy atom. The highest BCUT2D eigenvalue weighted by Crippen LogP contribution is 2.37. The molecule has 3 nitrogen and oxygen atoms in total. The molecule has 1 fully saturated rings. The fraction of sp³-hybridized carbons (Fsp3) is 0.364. The lowest BCUT2D eigenvalue weighted by atomic mass is 9.98. The van der Waals surface area contributed by atoms with Crippen LogP contribution in [0.15, 0.2) is 24.3 Å². The highest BCUT2D eigenvalue weighted by atomic mass is 19.4. The number of alkyl carbamates (subject to hydrolysis) is 1. The van der Waals surface area contributed by atoms with E-state index in [2.05, 4.69) is 4.74 Å². The number of carbonyl (C=O) groups is 1. The molecule has 2 rings (SSSR count). The molecule has 1 aromatic rings. The van der Waals surface area contributed by atoms with Gasteiger partial charge in [0.2, 0.25) is 0 Å². The minimum Gasteiger partial charge on any atom is -0.443 e. The molecule has 19 heavy (non-hydrogen) atoms. The Balaban J connectivity index is 2.37. The topological polar surface area (TPSA) is 38.3 Å². The Labute approximate surface area is 104 Å². The fourth-order valence-corrected chi connectivity index (χ4v) is 1.73. The van der Waals surface area contributed by atoms with E-state index in [0.717, 1.165) is 18.2 Å². The summed E-state index contributed by atoms with van der Waals surface area (Å²) in [7, 11) is 0. The largest absolute Gasteiger partial charge is 0.443 e. The number of nitrogens with one attached hydrogen (secondary N) is 1. The van der Waals surface area contributed by atoms with Gasteiger partial charge in [0.15, 0.2) is 6.61 Å². The quantitative estimate of drug-likeness (QED) is 0.803. The van der Waals surface area contributed by atoms with Crippen LogP contribution in [0.2, 0.25) is 0 Å². The minimum absolute atomic E-state index is 0.323. The van der Waals surface area contributed by atoms with Gasteiger partial charge in [-0.2, -0.15) is 13.2 Å². The van der Waals surface area contributed by atoms with E-state index in [9.17, 15) is 26.7 Å². The van der Waals surface area contributed by atoms with E-state index < -0.39 is 36.4 Å². The van der Waals surface area contributed by atoms with Crippen LogP contribution in [0.5, 0.6) is 0 Å². The highest BCUT2D eigenvalue weighted by Gasteiger charge is 2.47. The number of rotatable bonds is 1. The molecular weight excluding hydrogens is 273 g/mol. The van der Waals surface area contributed by atoms with E-state index in [1.54, 1.807) is 0 Å². The summed E-state index contributed by atoms with van der Waals surface area (Å²) in [4.78, 5) is 10.9. The maximum atomic E-state index is 13.5. The summed E-state index contributed by atoms with van der Waals surface area (Å²) in [6.07, 6.45) is -5.73. The average molecular weight is 281 g/mol. The monoisotopic (exact) mass is 281 g/mol. The summed E-state index contributed by atoms with van der Waals surface area (Å²) in [5.74, 6) is -3.47. The molecule has 8 heteroatoms. The molecule has 1 saturated heterocycles. The van der Waals surface area contributed by atoms with Gasteiger partial charge in [-0.05, 0) is 17.7 Å². The number of hydrogen-bond acceptors (Lipinski definition) is 2. The maximum Gasteiger partial charge on any atom is 0.416 e. The molecule has 104 valence electrons. The summed E-state index contributed by atoms with van der Waals surface area (Å²) < 4.78 is 68.7. The number of amides is 1. The minimum atomic E-state index is -4.64. The molecule has 0 unspecified atom stereocenters. The lowest BCUT2D eigenvalue weighted by Crippen LogP contribution is -2.49. The van der Waals surface area contributed by atoms with Crippen LogP contribution in [0.1, 0.15) is 17.2 Å². The Bertz CT molecular complexity index is 500. The van der Waals surface area contributed by atoms with Crippen molar-refractivity contribution in [2.45, 2.75) is 18.1 Å². The van der Waals surface area contributed by atoms with Crippen molar-refractivity contribution in [3.8, 4) is 0 Å². The Morgan fingerprint density at radius 2 is 2.00 bits per heavy atom. The summed E-state index contributed by atoms with van der Waals surface area (Å²) in [5, 5.41) is 1.82. The molecule has 0 aromatic heterocycles. The smallest absolute Gasteiger partial charge is 0.416 e. The second-order valence-corrected chi connectivity index (χ2v) is 4.04. The number of alkyl halides is 5. The molecule has 1 amide bonds. The van der Waals surface area contributed by atoms with Gasteiger partial charge in [-0.15, -0.1) is 0 Å². The van der Waals surface area contributed by atoms with Crippen molar-refractivity contribution in [2.24, 2.45) is 0 Å². The molecule has 1 heterocycles. The Hall–Kier alpha value is -1.86. The van der Waals surface area contributed by atoms with Crippen molar-refractivity contribution >= 4 is 6.09 Å². The van der Waals surface area contributed by atoms with Gasteiger partial charge in [-0.3, -0.25) is 0 Å². The maximum absolute atomic E-state index is 13.5. The molecule has 1 aromatic carbocycles. The summed E-state index contributed by atoms with van der Waals surface area (Å²) >= 11 is 0. The molecule has 0 radical (unpaired) electrons. The molecule has 0 aliphatic carbocycles. The van der Waals surface area contributed by atoms with Crippen LogP contribution >= 0.6 is 0 Å². The van der Waals surface area contributed by atoms with Crippen LogP contribution in [0.3, 0.4) is 0 Å². The molecule has 1 atom stereocenters. The third kappa shape index (κ3) is 2.77. The van der Waals surface area contributed by atoms with E-state index in [0.29, 0.717) is 6.07 Å².